The molecule has 0 radical (unpaired) electrons. The summed E-state index contributed by atoms with van der Waals surface area (Å²) in [5.74, 6) is 1.05. The van der Waals surface area contributed by atoms with Crippen LogP contribution in [-0.4, -0.2) is 35.6 Å². The van der Waals surface area contributed by atoms with E-state index in [9.17, 15) is 0 Å². The lowest BCUT2D eigenvalue weighted by atomic mass is 10.2. The van der Waals surface area contributed by atoms with Gasteiger partial charge in [0.1, 0.15) is 0 Å². The quantitative estimate of drug-likeness (QED) is 0.815. The van der Waals surface area contributed by atoms with Crippen LogP contribution in [0.15, 0.2) is 0 Å². The lowest BCUT2D eigenvalue weighted by Gasteiger charge is -2.35. The number of morpholine rings is 1. The highest BCUT2D eigenvalue weighted by molar-refractivity contribution is 5.66. The normalized spacial score (nSPS) is 21.4. The molecule has 2 heterocycles. The molecule has 2 rings (SSSR count). The lowest BCUT2D eigenvalue weighted by Crippen LogP contribution is -2.45. The van der Waals surface area contributed by atoms with E-state index < -0.39 is 0 Å². The molecule has 1 aromatic heterocycles. The smallest absolute Gasteiger partial charge is 0.151 e. The third kappa shape index (κ3) is 1.75. The van der Waals surface area contributed by atoms with Crippen LogP contribution < -0.4 is 10.6 Å². The topological polar surface area (TPSA) is 56.3 Å². The van der Waals surface area contributed by atoms with E-state index in [1.54, 1.807) is 0 Å². The van der Waals surface area contributed by atoms with Crippen LogP contribution in [0.4, 0.5) is 11.5 Å². The summed E-state index contributed by atoms with van der Waals surface area (Å²) in [4.78, 5) is 2.29. The molecule has 1 saturated heterocycles. The summed E-state index contributed by atoms with van der Waals surface area (Å²) in [6, 6.07) is 0.359. The van der Waals surface area contributed by atoms with E-state index in [2.05, 4.69) is 23.8 Å². The molecular weight excluding hydrogens is 204 g/mol. The Morgan fingerprint density at radius 1 is 1.56 bits per heavy atom. The minimum atomic E-state index is 0.359. The van der Waals surface area contributed by atoms with Gasteiger partial charge in [0.05, 0.1) is 30.6 Å². The highest BCUT2D eigenvalue weighted by Gasteiger charge is 2.25. The molecule has 0 aliphatic carbocycles. The molecule has 1 aliphatic heterocycles. The molecule has 1 aliphatic rings. The fraction of sp³-hybridized carbons (Fsp3) is 0.727. The molecule has 90 valence electrons. The summed E-state index contributed by atoms with van der Waals surface area (Å²) in [7, 11) is 0. The van der Waals surface area contributed by atoms with Crippen LogP contribution in [0.3, 0.4) is 0 Å². The van der Waals surface area contributed by atoms with E-state index in [0.717, 1.165) is 43.5 Å². The second-order valence-electron chi connectivity index (χ2n) is 4.26. The van der Waals surface area contributed by atoms with Crippen LogP contribution in [0, 0.1) is 6.92 Å². The minimum Gasteiger partial charge on any atom is -0.394 e. The summed E-state index contributed by atoms with van der Waals surface area (Å²) in [6.45, 7) is 9.44. The Morgan fingerprint density at radius 3 is 2.94 bits per heavy atom. The summed E-state index contributed by atoms with van der Waals surface area (Å²) < 4.78 is 7.42. The van der Waals surface area contributed by atoms with Crippen LogP contribution in [-0.2, 0) is 11.3 Å². The highest BCUT2D eigenvalue weighted by Crippen LogP contribution is 2.29. The number of aromatic nitrogens is 2. The van der Waals surface area contributed by atoms with Crippen LogP contribution in [0.2, 0.25) is 0 Å². The van der Waals surface area contributed by atoms with Gasteiger partial charge in [-0.3, -0.25) is 0 Å². The summed E-state index contributed by atoms with van der Waals surface area (Å²) >= 11 is 0. The number of anilines is 2. The molecule has 0 spiro atoms. The van der Waals surface area contributed by atoms with E-state index in [-0.39, 0.29) is 0 Å². The van der Waals surface area contributed by atoms with Crippen molar-refractivity contribution in [1.82, 2.24) is 9.78 Å². The molecule has 2 N–H and O–H groups in total. The maximum Gasteiger partial charge on any atom is 0.151 e. The molecule has 5 heteroatoms. The van der Waals surface area contributed by atoms with Crippen molar-refractivity contribution in [2.75, 3.05) is 30.4 Å². The van der Waals surface area contributed by atoms with Gasteiger partial charge >= 0.3 is 0 Å². The first-order chi connectivity index (χ1) is 7.65. The molecule has 1 atom stereocenters. The number of aryl methyl sites for hydroxylation is 2. The molecule has 0 bridgehead atoms. The SMILES string of the molecule is CCn1nc(C)c(N)c1N1CCOCC1C. The first-order valence-corrected chi connectivity index (χ1v) is 5.82. The zero-order chi connectivity index (χ0) is 11.7. The second-order valence-corrected chi connectivity index (χ2v) is 4.26. The van der Waals surface area contributed by atoms with Crippen molar-refractivity contribution >= 4 is 11.5 Å². The maximum absolute atomic E-state index is 6.11. The van der Waals surface area contributed by atoms with Crippen LogP contribution in [0.1, 0.15) is 19.5 Å². The maximum atomic E-state index is 6.11. The molecule has 16 heavy (non-hydrogen) atoms. The Bertz CT molecular complexity index is 374. The Labute approximate surface area is 96.2 Å². The number of hydrogen-bond donors (Lipinski definition) is 1. The van der Waals surface area contributed by atoms with E-state index in [1.807, 2.05) is 11.6 Å². The summed E-state index contributed by atoms with van der Waals surface area (Å²) in [5, 5.41) is 4.45. The zero-order valence-electron chi connectivity index (χ0n) is 10.2. The number of nitrogen functional groups attached to an aromatic ring is 1. The zero-order valence-corrected chi connectivity index (χ0v) is 10.2. The van der Waals surface area contributed by atoms with Crippen LogP contribution in [0.5, 0.6) is 0 Å². The van der Waals surface area contributed by atoms with Gasteiger partial charge in [0.15, 0.2) is 5.82 Å². The Hall–Kier alpha value is -1.23. The molecule has 0 aromatic carbocycles. The van der Waals surface area contributed by atoms with Gasteiger partial charge in [-0.05, 0) is 20.8 Å². The molecule has 0 saturated carbocycles. The largest absolute Gasteiger partial charge is 0.394 e. The molecule has 1 fully saturated rings. The van der Waals surface area contributed by atoms with Crippen molar-refractivity contribution in [3.8, 4) is 0 Å². The van der Waals surface area contributed by atoms with E-state index in [0.29, 0.717) is 6.04 Å². The predicted molar refractivity (Wildman–Crippen MR) is 64.7 cm³/mol. The Kier molecular flexibility index (Phi) is 3.05. The van der Waals surface area contributed by atoms with Crippen molar-refractivity contribution in [2.45, 2.75) is 33.4 Å². The molecule has 1 unspecified atom stereocenters. The number of rotatable bonds is 2. The van der Waals surface area contributed by atoms with Gasteiger partial charge < -0.3 is 15.4 Å². The van der Waals surface area contributed by atoms with Gasteiger partial charge in [-0.1, -0.05) is 0 Å². The third-order valence-electron chi connectivity index (χ3n) is 3.09. The number of hydrogen-bond acceptors (Lipinski definition) is 4. The van der Waals surface area contributed by atoms with Gasteiger partial charge in [0.25, 0.3) is 0 Å². The molecule has 5 nitrogen and oxygen atoms in total. The Morgan fingerprint density at radius 2 is 2.31 bits per heavy atom. The first kappa shape index (κ1) is 11.3. The van der Waals surface area contributed by atoms with Crippen molar-refractivity contribution in [3.05, 3.63) is 5.69 Å². The minimum absolute atomic E-state index is 0.359. The second kappa shape index (κ2) is 4.33. The molecule has 0 amide bonds. The lowest BCUT2D eigenvalue weighted by molar-refractivity contribution is 0.0981. The van der Waals surface area contributed by atoms with Gasteiger partial charge in [-0.2, -0.15) is 5.10 Å². The van der Waals surface area contributed by atoms with Crippen molar-refractivity contribution in [1.29, 1.82) is 0 Å². The molecular formula is C11H20N4O. The number of nitrogens with two attached hydrogens (primary N) is 1. The average molecular weight is 224 g/mol. The average Bonchev–Trinajstić information content (AvgIpc) is 2.56. The van der Waals surface area contributed by atoms with Gasteiger partial charge in [0.2, 0.25) is 0 Å². The van der Waals surface area contributed by atoms with Crippen LogP contribution >= 0.6 is 0 Å². The van der Waals surface area contributed by atoms with Gasteiger partial charge in [0, 0.05) is 13.1 Å². The predicted octanol–water partition coefficient (Wildman–Crippen LogP) is 1.02. The third-order valence-corrected chi connectivity index (χ3v) is 3.09. The van der Waals surface area contributed by atoms with Gasteiger partial charge in [-0.25, -0.2) is 4.68 Å². The fourth-order valence-electron chi connectivity index (χ4n) is 2.15. The summed E-state index contributed by atoms with van der Waals surface area (Å²) in [5.41, 5.74) is 7.82. The number of ether oxygens (including phenoxy) is 1. The first-order valence-electron chi connectivity index (χ1n) is 5.82. The fourth-order valence-corrected chi connectivity index (χ4v) is 2.15. The van der Waals surface area contributed by atoms with Crippen molar-refractivity contribution in [3.63, 3.8) is 0 Å². The van der Waals surface area contributed by atoms with E-state index >= 15 is 0 Å². The van der Waals surface area contributed by atoms with Crippen molar-refractivity contribution < 1.29 is 4.74 Å². The van der Waals surface area contributed by atoms with E-state index in [1.165, 1.54) is 0 Å². The standard InChI is InChI=1S/C11H20N4O/c1-4-15-11(10(12)9(3)13-15)14-5-6-16-7-8(14)2/h8H,4-7,12H2,1-3H3. The summed E-state index contributed by atoms with van der Waals surface area (Å²) in [6.07, 6.45) is 0. The van der Waals surface area contributed by atoms with Crippen molar-refractivity contribution in [2.24, 2.45) is 0 Å². The van der Waals surface area contributed by atoms with Crippen LogP contribution in [0.25, 0.3) is 0 Å². The molecule has 1 aromatic rings. The van der Waals surface area contributed by atoms with E-state index in [4.69, 9.17) is 10.5 Å². The number of nitrogens with zero attached hydrogens (tertiary/aromatic N) is 3. The van der Waals surface area contributed by atoms with Gasteiger partial charge in [-0.15, -0.1) is 0 Å². The monoisotopic (exact) mass is 224 g/mol. The highest BCUT2D eigenvalue weighted by atomic mass is 16.5. The Balaban J connectivity index is 2.37.